The molecule has 0 N–H and O–H groups in total. The van der Waals surface area contributed by atoms with Crippen LogP contribution >= 0.6 is 11.6 Å². The summed E-state index contributed by atoms with van der Waals surface area (Å²) < 4.78 is 13.6. The van der Waals surface area contributed by atoms with E-state index in [1.807, 2.05) is 19.0 Å². The minimum absolute atomic E-state index is 0.0364. The van der Waals surface area contributed by atoms with Crippen LogP contribution in [0, 0.1) is 5.82 Å². The minimum atomic E-state index is -0.316. The van der Waals surface area contributed by atoms with Crippen molar-refractivity contribution in [3.8, 4) is 0 Å². The third-order valence-corrected chi connectivity index (χ3v) is 6.41. The van der Waals surface area contributed by atoms with Crippen molar-refractivity contribution in [3.63, 3.8) is 0 Å². The Labute approximate surface area is 200 Å². The number of rotatable bonds is 6. The molecule has 3 aromatic carbocycles. The molecule has 4 rings (SSSR count). The smallest absolute Gasteiger partial charge is 0.258 e. The molecule has 1 saturated heterocycles. The molecule has 6 heteroatoms. The van der Waals surface area contributed by atoms with E-state index in [0.29, 0.717) is 16.3 Å². The molecule has 1 fully saturated rings. The Morgan fingerprint density at radius 1 is 0.970 bits per heavy atom. The van der Waals surface area contributed by atoms with Crippen LogP contribution in [0.4, 0.5) is 15.8 Å². The van der Waals surface area contributed by atoms with Crippen molar-refractivity contribution in [2.75, 3.05) is 37.0 Å². The zero-order valence-electron chi connectivity index (χ0n) is 19.0. The highest BCUT2D eigenvalue weighted by Crippen LogP contribution is 2.28. The Balaban J connectivity index is 1.48. The summed E-state index contributed by atoms with van der Waals surface area (Å²) in [4.78, 5) is 19.8. The molecule has 1 aliphatic heterocycles. The van der Waals surface area contributed by atoms with Crippen LogP contribution in [0.1, 0.15) is 28.8 Å². The summed E-state index contributed by atoms with van der Waals surface area (Å²) >= 11 is 6.14. The molecule has 0 atom stereocenters. The number of nitrogens with zero attached hydrogens (tertiary/aromatic N) is 3. The zero-order chi connectivity index (χ0) is 23.4. The lowest BCUT2D eigenvalue weighted by atomic mass is 10.00. The van der Waals surface area contributed by atoms with Gasteiger partial charge in [-0.15, -0.1) is 0 Å². The van der Waals surface area contributed by atoms with Gasteiger partial charge in [-0.3, -0.25) is 9.69 Å². The van der Waals surface area contributed by atoms with Gasteiger partial charge < -0.3 is 9.80 Å². The highest BCUT2D eigenvalue weighted by atomic mass is 35.5. The van der Waals surface area contributed by atoms with E-state index < -0.39 is 0 Å². The van der Waals surface area contributed by atoms with Crippen molar-refractivity contribution in [2.45, 2.75) is 25.4 Å². The number of anilines is 2. The molecular weight excluding hydrogens is 437 g/mol. The number of piperidine rings is 1. The molecule has 1 aliphatic rings. The van der Waals surface area contributed by atoms with Crippen molar-refractivity contribution in [2.24, 2.45) is 0 Å². The van der Waals surface area contributed by atoms with Crippen molar-refractivity contribution in [1.82, 2.24) is 4.90 Å². The Hall–Kier alpha value is -2.89. The number of amides is 1. The monoisotopic (exact) mass is 465 g/mol. The van der Waals surface area contributed by atoms with Crippen LogP contribution in [0.15, 0.2) is 72.8 Å². The fraction of sp³-hybridized carbons (Fsp3) is 0.296. The molecule has 0 aliphatic carbocycles. The van der Waals surface area contributed by atoms with Gasteiger partial charge in [0.15, 0.2) is 0 Å². The summed E-state index contributed by atoms with van der Waals surface area (Å²) in [5.41, 5.74) is 3.71. The van der Waals surface area contributed by atoms with Crippen molar-refractivity contribution < 1.29 is 9.18 Å². The first-order chi connectivity index (χ1) is 15.9. The van der Waals surface area contributed by atoms with Crippen LogP contribution in [-0.2, 0) is 6.54 Å². The minimum Gasteiger partial charge on any atom is -0.378 e. The van der Waals surface area contributed by atoms with Gasteiger partial charge in [0.05, 0.1) is 0 Å². The Morgan fingerprint density at radius 2 is 1.61 bits per heavy atom. The maximum Gasteiger partial charge on any atom is 0.258 e. The standard InChI is InChI=1S/C27H29ClFN3O/c1-30(2)24-10-6-20(7-11-24)19-31-16-14-26(15-17-31)32(25-12-8-23(29)9-13-25)27(33)21-4-3-5-22(28)18-21/h3-13,18,26H,14-17,19H2,1-2H3. The van der Waals surface area contributed by atoms with Crippen LogP contribution in [0.2, 0.25) is 5.02 Å². The zero-order valence-corrected chi connectivity index (χ0v) is 19.8. The van der Waals surface area contributed by atoms with Gasteiger partial charge in [-0.25, -0.2) is 4.39 Å². The molecule has 172 valence electrons. The maximum absolute atomic E-state index is 13.6. The fourth-order valence-electron chi connectivity index (χ4n) is 4.35. The summed E-state index contributed by atoms with van der Waals surface area (Å²) in [6, 6.07) is 21.8. The molecule has 0 radical (unpaired) electrons. The number of carbonyl (C=O) groups excluding carboxylic acids is 1. The van der Waals surface area contributed by atoms with Crippen molar-refractivity contribution in [1.29, 1.82) is 0 Å². The molecule has 1 heterocycles. The Bertz CT molecular complexity index is 1080. The van der Waals surface area contributed by atoms with E-state index in [1.165, 1.54) is 23.4 Å². The topological polar surface area (TPSA) is 26.8 Å². The second-order valence-corrected chi connectivity index (χ2v) is 9.17. The fourth-order valence-corrected chi connectivity index (χ4v) is 4.54. The average Bonchev–Trinajstić information content (AvgIpc) is 2.82. The van der Waals surface area contributed by atoms with E-state index in [1.54, 1.807) is 36.4 Å². The van der Waals surface area contributed by atoms with Gasteiger partial charge in [0.1, 0.15) is 5.82 Å². The average molecular weight is 466 g/mol. The normalized spacial score (nSPS) is 14.8. The molecule has 33 heavy (non-hydrogen) atoms. The van der Waals surface area contributed by atoms with Gasteiger partial charge >= 0.3 is 0 Å². The van der Waals surface area contributed by atoms with E-state index in [0.717, 1.165) is 32.5 Å². The summed E-state index contributed by atoms with van der Waals surface area (Å²) in [5.74, 6) is -0.425. The lowest BCUT2D eigenvalue weighted by Crippen LogP contribution is -2.47. The number of halogens is 2. The van der Waals surface area contributed by atoms with Crippen LogP contribution < -0.4 is 9.80 Å². The highest BCUT2D eigenvalue weighted by Gasteiger charge is 2.30. The first-order valence-corrected chi connectivity index (χ1v) is 11.6. The second-order valence-electron chi connectivity index (χ2n) is 8.73. The Kier molecular flexibility index (Phi) is 7.31. The molecule has 0 saturated carbocycles. The second kappa shape index (κ2) is 10.4. The molecule has 0 spiro atoms. The van der Waals surface area contributed by atoms with Gasteiger partial charge in [-0.05, 0) is 73.0 Å². The number of likely N-dealkylation sites (tertiary alicyclic amines) is 1. The van der Waals surface area contributed by atoms with Crippen LogP contribution in [0.3, 0.4) is 0 Å². The number of hydrogen-bond acceptors (Lipinski definition) is 3. The number of hydrogen-bond donors (Lipinski definition) is 0. The molecule has 3 aromatic rings. The third kappa shape index (κ3) is 5.73. The Morgan fingerprint density at radius 3 is 2.21 bits per heavy atom. The summed E-state index contributed by atoms with van der Waals surface area (Å²) in [7, 11) is 4.08. The summed E-state index contributed by atoms with van der Waals surface area (Å²) in [6.45, 7) is 2.67. The van der Waals surface area contributed by atoms with E-state index in [-0.39, 0.29) is 17.8 Å². The van der Waals surface area contributed by atoms with Gasteiger partial charge in [-0.2, -0.15) is 0 Å². The van der Waals surface area contributed by atoms with Gasteiger partial charge in [0, 0.05) is 61.7 Å². The van der Waals surface area contributed by atoms with Gasteiger partial charge in [-0.1, -0.05) is 29.8 Å². The molecule has 0 bridgehead atoms. The summed E-state index contributed by atoms with van der Waals surface area (Å²) in [6.07, 6.45) is 1.69. The third-order valence-electron chi connectivity index (χ3n) is 6.18. The van der Waals surface area contributed by atoms with Crippen LogP contribution in [0.25, 0.3) is 0 Å². The summed E-state index contributed by atoms with van der Waals surface area (Å²) in [5, 5.41) is 0.523. The van der Waals surface area contributed by atoms with Gasteiger partial charge in [0.25, 0.3) is 5.91 Å². The highest BCUT2D eigenvalue weighted by molar-refractivity contribution is 6.31. The molecule has 0 unspecified atom stereocenters. The van der Waals surface area contributed by atoms with Crippen molar-refractivity contribution >= 4 is 28.9 Å². The molecular formula is C27H29ClFN3O. The first kappa shape index (κ1) is 23.3. The first-order valence-electron chi connectivity index (χ1n) is 11.2. The predicted octanol–water partition coefficient (Wildman–Crippen LogP) is 5.86. The lowest BCUT2D eigenvalue weighted by molar-refractivity contribution is 0.0958. The van der Waals surface area contributed by atoms with Crippen LogP contribution in [0.5, 0.6) is 0 Å². The number of carbonyl (C=O) groups is 1. The molecule has 0 aromatic heterocycles. The molecule has 1 amide bonds. The van der Waals surface area contributed by atoms with E-state index in [9.17, 15) is 9.18 Å². The van der Waals surface area contributed by atoms with E-state index in [2.05, 4.69) is 34.1 Å². The van der Waals surface area contributed by atoms with Crippen LogP contribution in [-0.4, -0.2) is 44.0 Å². The van der Waals surface area contributed by atoms with E-state index in [4.69, 9.17) is 11.6 Å². The quantitative estimate of drug-likeness (QED) is 0.456. The SMILES string of the molecule is CN(C)c1ccc(CN2CCC(N(C(=O)c3cccc(Cl)c3)c3ccc(F)cc3)CC2)cc1. The lowest BCUT2D eigenvalue weighted by Gasteiger charge is -2.38. The molecule has 4 nitrogen and oxygen atoms in total. The predicted molar refractivity (Wildman–Crippen MR) is 134 cm³/mol. The van der Waals surface area contributed by atoms with Crippen molar-refractivity contribution in [3.05, 3.63) is 94.8 Å². The maximum atomic E-state index is 13.6. The largest absolute Gasteiger partial charge is 0.378 e. The van der Waals surface area contributed by atoms with E-state index >= 15 is 0 Å². The van der Waals surface area contributed by atoms with Gasteiger partial charge in [0.2, 0.25) is 0 Å². The number of benzene rings is 3.